The van der Waals surface area contributed by atoms with Crippen LogP contribution in [0.4, 0.5) is 0 Å². The van der Waals surface area contributed by atoms with Gasteiger partial charge in [-0.15, -0.1) is 0 Å². The summed E-state index contributed by atoms with van der Waals surface area (Å²) in [5, 5.41) is 10.0. The first-order valence-corrected chi connectivity index (χ1v) is 5.69. The van der Waals surface area contributed by atoms with Gasteiger partial charge in [0.05, 0.1) is 0 Å². The Balaban J connectivity index is 2.27. The van der Waals surface area contributed by atoms with E-state index >= 15 is 0 Å². The quantitative estimate of drug-likeness (QED) is 0.816. The molecule has 1 aromatic heterocycles. The molecule has 0 N–H and O–H groups in total. The molecule has 0 spiro atoms. The molecule has 0 amide bonds. The molecule has 5 heteroatoms. The second-order valence-electron chi connectivity index (χ2n) is 3.04. The van der Waals surface area contributed by atoms with Gasteiger partial charge in [-0.3, -0.25) is 0 Å². The van der Waals surface area contributed by atoms with Crippen molar-refractivity contribution >= 4 is 23.4 Å². The Morgan fingerprint density at radius 1 is 1.38 bits per heavy atom. The highest BCUT2D eigenvalue weighted by molar-refractivity contribution is 7.99. The van der Waals surface area contributed by atoms with Crippen LogP contribution in [-0.4, -0.2) is 4.98 Å². The topological polar surface area (TPSA) is 49.8 Å². The standard InChI is InChI=1S/C11H7ClN2OS/c1-7-14-10(6-13)11(15-7)16-9-4-2-8(12)3-5-9/h2-5H,1H3. The third kappa shape index (κ3) is 2.38. The maximum Gasteiger partial charge on any atom is 0.203 e. The highest BCUT2D eigenvalue weighted by Crippen LogP contribution is 2.31. The smallest absolute Gasteiger partial charge is 0.203 e. The summed E-state index contributed by atoms with van der Waals surface area (Å²) >= 11 is 7.14. The SMILES string of the molecule is Cc1nc(C#N)c(Sc2ccc(Cl)cc2)o1. The normalized spacial score (nSPS) is 10.1. The van der Waals surface area contributed by atoms with E-state index in [1.807, 2.05) is 18.2 Å². The maximum atomic E-state index is 8.85. The molecular formula is C11H7ClN2OS. The predicted molar refractivity (Wildman–Crippen MR) is 61.5 cm³/mol. The number of nitriles is 1. The van der Waals surface area contributed by atoms with Crippen LogP contribution in [0.2, 0.25) is 5.02 Å². The molecule has 0 fully saturated rings. The van der Waals surface area contributed by atoms with Gasteiger partial charge in [0.2, 0.25) is 5.09 Å². The number of hydrogen-bond donors (Lipinski definition) is 0. The number of rotatable bonds is 2. The zero-order valence-electron chi connectivity index (χ0n) is 8.40. The third-order valence-electron chi connectivity index (χ3n) is 1.83. The first-order valence-electron chi connectivity index (χ1n) is 4.50. The lowest BCUT2D eigenvalue weighted by Crippen LogP contribution is -1.77. The van der Waals surface area contributed by atoms with Crippen LogP contribution < -0.4 is 0 Å². The molecule has 16 heavy (non-hydrogen) atoms. The van der Waals surface area contributed by atoms with E-state index in [1.165, 1.54) is 11.8 Å². The zero-order chi connectivity index (χ0) is 11.5. The molecule has 0 aliphatic rings. The molecule has 3 nitrogen and oxygen atoms in total. The van der Waals surface area contributed by atoms with Crippen LogP contribution in [0.25, 0.3) is 0 Å². The van der Waals surface area contributed by atoms with Gasteiger partial charge in [-0.1, -0.05) is 11.6 Å². The third-order valence-corrected chi connectivity index (χ3v) is 3.06. The van der Waals surface area contributed by atoms with Gasteiger partial charge in [0.25, 0.3) is 0 Å². The minimum absolute atomic E-state index is 0.317. The van der Waals surface area contributed by atoms with Crippen molar-refractivity contribution in [3.8, 4) is 6.07 Å². The minimum Gasteiger partial charge on any atom is -0.433 e. The van der Waals surface area contributed by atoms with Gasteiger partial charge in [-0.05, 0) is 36.0 Å². The summed E-state index contributed by atoms with van der Waals surface area (Å²) in [7, 11) is 0. The van der Waals surface area contributed by atoms with Gasteiger partial charge in [0.1, 0.15) is 6.07 Å². The molecule has 0 aliphatic carbocycles. The zero-order valence-corrected chi connectivity index (χ0v) is 9.97. The second kappa shape index (κ2) is 4.60. The predicted octanol–water partition coefficient (Wildman–Crippen LogP) is 3.66. The number of nitrogens with zero attached hydrogens (tertiary/aromatic N) is 2. The number of oxazole rings is 1. The van der Waals surface area contributed by atoms with Gasteiger partial charge in [-0.25, -0.2) is 4.98 Å². The molecular weight excluding hydrogens is 244 g/mol. The van der Waals surface area contributed by atoms with E-state index in [-0.39, 0.29) is 0 Å². The van der Waals surface area contributed by atoms with Crippen LogP contribution in [0.15, 0.2) is 38.7 Å². The van der Waals surface area contributed by atoms with Gasteiger partial charge in [0, 0.05) is 16.8 Å². The molecule has 2 rings (SSSR count). The van der Waals surface area contributed by atoms with Gasteiger partial charge in [-0.2, -0.15) is 5.26 Å². The summed E-state index contributed by atoms with van der Waals surface area (Å²) in [5.74, 6) is 0.494. The Bertz CT molecular complexity index is 542. The van der Waals surface area contributed by atoms with Crippen LogP contribution in [-0.2, 0) is 0 Å². The van der Waals surface area contributed by atoms with Crippen molar-refractivity contribution in [2.45, 2.75) is 16.9 Å². The lowest BCUT2D eigenvalue weighted by atomic mass is 10.4. The van der Waals surface area contributed by atoms with Gasteiger partial charge < -0.3 is 4.42 Å². The first kappa shape index (κ1) is 11.1. The van der Waals surface area contributed by atoms with Crippen molar-refractivity contribution in [3.05, 3.63) is 40.9 Å². The highest BCUT2D eigenvalue weighted by atomic mass is 35.5. The Kier molecular flexibility index (Phi) is 3.18. The number of halogens is 1. The maximum absolute atomic E-state index is 8.85. The largest absolute Gasteiger partial charge is 0.433 e. The average molecular weight is 251 g/mol. The summed E-state index contributed by atoms with van der Waals surface area (Å²) in [6, 6.07) is 9.31. The minimum atomic E-state index is 0.317. The van der Waals surface area contributed by atoms with E-state index in [1.54, 1.807) is 19.1 Å². The molecule has 2 aromatic rings. The Morgan fingerprint density at radius 3 is 2.69 bits per heavy atom. The van der Waals surface area contributed by atoms with E-state index < -0.39 is 0 Å². The van der Waals surface area contributed by atoms with Crippen molar-refractivity contribution in [2.24, 2.45) is 0 Å². The fourth-order valence-electron chi connectivity index (χ4n) is 1.16. The van der Waals surface area contributed by atoms with E-state index in [4.69, 9.17) is 21.3 Å². The highest BCUT2D eigenvalue weighted by Gasteiger charge is 2.11. The molecule has 80 valence electrons. The molecule has 0 aliphatic heterocycles. The Morgan fingerprint density at radius 2 is 2.06 bits per heavy atom. The van der Waals surface area contributed by atoms with Crippen LogP contribution in [0.1, 0.15) is 11.6 Å². The fourth-order valence-corrected chi connectivity index (χ4v) is 2.12. The summed E-state index contributed by atoms with van der Waals surface area (Å²) in [4.78, 5) is 4.92. The Hall–Kier alpha value is -1.44. The van der Waals surface area contributed by atoms with E-state index in [0.29, 0.717) is 21.7 Å². The number of hydrogen-bond acceptors (Lipinski definition) is 4. The van der Waals surface area contributed by atoms with Crippen LogP contribution in [0.3, 0.4) is 0 Å². The number of aromatic nitrogens is 1. The van der Waals surface area contributed by atoms with Crippen LogP contribution >= 0.6 is 23.4 Å². The molecule has 0 saturated heterocycles. The molecule has 0 atom stereocenters. The number of benzene rings is 1. The van der Waals surface area contributed by atoms with E-state index in [0.717, 1.165) is 4.90 Å². The lowest BCUT2D eigenvalue weighted by molar-refractivity contribution is 0.441. The molecule has 0 saturated carbocycles. The molecule has 1 heterocycles. The summed E-state index contributed by atoms with van der Waals surface area (Å²) < 4.78 is 5.34. The molecule has 0 unspecified atom stereocenters. The summed E-state index contributed by atoms with van der Waals surface area (Å²) in [6.45, 7) is 1.72. The molecule has 0 bridgehead atoms. The average Bonchev–Trinajstić information content (AvgIpc) is 2.62. The van der Waals surface area contributed by atoms with Crippen molar-refractivity contribution in [2.75, 3.05) is 0 Å². The van der Waals surface area contributed by atoms with Crippen LogP contribution in [0.5, 0.6) is 0 Å². The monoisotopic (exact) mass is 250 g/mol. The molecule has 1 aromatic carbocycles. The van der Waals surface area contributed by atoms with Gasteiger partial charge >= 0.3 is 0 Å². The lowest BCUT2D eigenvalue weighted by Gasteiger charge is -1.97. The van der Waals surface area contributed by atoms with Crippen LogP contribution in [0, 0.1) is 18.3 Å². The Labute approximate surface area is 102 Å². The van der Waals surface area contributed by atoms with E-state index in [9.17, 15) is 0 Å². The summed E-state index contributed by atoms with van der Waals surface area (Å²) in [5.41, 5.74) is 0.317. The van der Waals surface area contributed by atoms with Gasteiger partial charge in [0.15, 0.2) is 11.6 Å². The fraction of sp³-hybridized carbons (Fsp3) is 0.0909. The first-order chi connectivity index (χ1) is 7.69. The molecule has 0 radical (unpaired) electrons. The van der Waals surface area contributed by atoms with Crippen molar-refractivity contribution in [1.82, 2.24) is 4.98 Å². The van der Waals surface area contributed by atoms with E-state index in [2.05, 4.69) is 4.98 Å². The van der Waals surface area contributed by atoms with Crippen molar-refractivity contribution in [1.29, 1.82) is 5.26 Å². The second-order valence-corrected chi connectivity index (χ2v) is 4.52. The van der Waals surface area contributed by atoms with Crippen molar-refractivity contribution < 1.29 is 4.42 Å². The van der Waals surface area contributed by atoms with Crippen molar-refractivity contribution in [3.63, 3.8) is 0 Å². The summed E-state index contributed by atoms with van der Waals surface area (Å²) in [6.07, 6.45) is 0. The number of aryl methyl sites for hydroxylation is 1.